The molecule has 0 aliphatic rings. The summed E-state index contributed by atoms with van der Waals surface area (Å²) in [6.07, 6.45) is 2.39. The Morgan fingerprint density at radius 3 is 2.52 bits per heavy atom. The van der Waals surface area contributed by atoms with Crippen molar-refractivity contribution >= 4 is 16.1 Å². The van der Waals surface area contributed by atoms with Gasteiger partial charge < -0.3 is 10.2 Å². The molecule has 8 nitrogen and oxygen atoms in total. The average Bonchev–Trinajstić information content (AvgIpc) is 3.07. The van der Waals surface area contributed by atoms with Gasteiger partial charge in [0.25, 0.3) is 0 Å². The predicted molar refractivity (Wildman–Crippen MR) is 105 cm³/mol. The molecule has 0 saturated heterocycles. The summed E-state index contributed by atoms with van der Waals surface area (Å²) >= 11 is 0. The lowest BCUT2D eigenvalue weighted by molar-refractivity contribution is 0.0651. The van der Waals surface area contributed by atoms with E-state index in [4.69, 9.17) is 0 Å². The van der Waals surface area contributed by atoms with Crippen LogP contribution in [0, 0.1) is 0 Å². The molecule has 1 aromatic carbocycles. The maximum atomic E-state index is 12.9. The highest BCUT2D eigenvalue weighted by Crippen LogP contribution is 2.15. The standard InChI is InChI=1S/C18H25F2N5O3S/c1-13(2)23-29(27,28)12-15-7-5-4-6-14(15)10-22-18(26)24(3)11-16-21-8-9-25(16)17(19)20/h4-9,13,17,23H,10-12H2,1-3H3,(H,22,26). The number of hydrogen-bond donors (Lipinski definition) is 2. The van der Waals surface area contributed by atoms with E-state index >= 15 is 0 Å². The molecule has 0 spiro atoms. The highest BCUT2D eigenvalue weighted by Gasteiger charge is 2.18. The first-order chi connectivity index (χ1) is 13.6. The number of rotatable bonds is 9. The van der Waals surface area contributed by atoms with E-state index in [9.17, 15) is 22.0 Å². The Hall–Kier alpha value is -2.53. The average molecular weight is 429 g/mol. The Kier molecular flexibility index (Phi) is 7.68. The maximum Gasteiger partial charge on any atom is 0.319 e. The molecule has 1 aromatic heterocycles. The van der Waals surface area contributed by atoms with Crippen LogP contribution in [0.1, 0.15) is 37.3 Å². The van der Waals surface area contributed by atoms with Crippen LogP contribution in [-0.4, -0.2) is 42.0 Å². The second kappa shape index (κ2) is 9.79. The number of urea groups is 1. The number of amides is 2. The predicted octanol–water partition coefficient (Wildman–Crippen LogP) is 2.45. The van der Waals surface area contributed by atoms with Crippen LogP contribution in [0.2, 0.25) is 0 Å². The van der Waals surface area contributed by atoms with Crippen LogP contribution in [0.5, 0.6) is 0 Å². The lowest BCUT2D eigenvalue weighted by atomic mass is 10.1. The van der Waals surface area contributed by atoms with E-state index in [0.717, 1.165) is 6.20 Å². The van der Waals surface area contributed by atoms with E-state index in [1.807, 2.05) is 0 Å². The molecule has 2 aromatic rings. The Morgan fingerprint density at radius 1 is 1.24 bits per heavy atom. The molecule has 0 aliphatic heterocycles. The van der Waals surface area contributed by atoms with Gasteiger partial charge in [0.2, 0.25) is 10.0 Å². The van der Waals surface area contributed by atoms with Gasteiger partial charge in [-0.05, 0) is 25.0 Å². The van der Waals surface area contributed by atoms with E-state index in [1.54, 1.807) is 38.1 Å². The highest BCUT2D eigenvalue weighted by atomic mass is 32.2. The Bertz CT molecular complexity index is 931. The van der Waals surface area contributed by atoms with Crippen LogP contribution in [-0.2, 0) is 28.9 Å². The topological polar surface area (TPSA) is 96.3 Å². The summed E-state index contributed by atoms with van der Waals surface area (Å²) in [5.74, 6) is -0.150. The van der Waals surface area contributed by atoms with Crippen LogP contribution >= 0.6 is 0 Å². The minimum absolute atomic E-state index is 0.0592. The van der Waals surface area contributed by atoms with Crippen molar-refractivity contribution in [2.45, 2.75) is 45.3 Å². The first kappa shape index (κ1) is 22.8. The summed E-state index contributed by atoms with van der Waals surface area (Å²) in [5, 5.41) is 2.67. The minimum Gasteiger partial charge on any atom is -0.334 e. The molecule has 2 N–H and O–H groups in total. The van der Waals surface area contributed by atoms with E-state index in [0.29, 0.717) is 15.7 Å². The first-order valence-electron chi connectivity index (χ1n) is 8.94. The third-order valence-electron chi connectivity index (χ3n) is 3.99. The number of hydrogen-bond acceptors (Lipinski definition) is 4. The fourth-order valence-corrected chi connectivity index (χ4v) is 4.20. The number of aromatic nitrogens is 2. The molecule has 0 saturated carbocycles. The normalized spacial score (nSPS) is 11.8. The summed E-state index contributed by atoms with van der Waals surface area (Å²) in [6.45, 7) is 0.729. The van der Waals surface area contributed by atoms with Gasteiger partial charge in [-0.25, -0.2) is 22.9 Å². The summed E-state index contributed by atoms with van der Waals surface area (Å²) in [4.78, 5) is 17.4. The zero-order valence-electron chi connectivity index (χ0n) is 16.5. The van der Waals surface area contributed by atoms with E-state index < -0.39 is 22.6 Å². The molecule has 11 heteroatoms. The zero-order chi connectivity index (χ0) is 21.6. The van der Waals surface area contributed by atoms with Gasteiger partial charge in [-0.3, -0.25) is 4.57 Å². The number of carbonyl (C=O) groups is 1. The van der Waals surface area contributed by atoms with Crippen LogP contribution in [0.4, 0.5) is 13.6 Å². The largest absolute Gasteiger partial charge is 0.334 e. The van der Waals surface area contributed by atoms with Gasteiger partial charge in [-0.2, -0.15) is 8.78 Å². The lowest BCUT2D eigenvalue weighted by Crippen LogP contribution is -2.37. The molecule has 1 heterocycles. The third kappa shape index (κ3) is 6.79. The van der Waals surface area contributed by atoms with Gasteiger partial charge in [0, 0.05) is 32.0 Å². The number of halogens is 2. The minimum atomic E-state index is -3.51. The van der Waals surface area contributed by atoms with Crippen molar-refractivity contribution in [3.8, 4) is 0 Å². The second-order valence-corrected chi connectivity index (χ2v) is 8.60. The SMILES string of the molecule is CC(C)NS(=O)(=O)Cc1ccccc1CNC(=O)N(C)Cc1nccn1C(F)F. The number of alkyl halides is 2. The zero-order valence-corrected chi connectivity index (χ0v) is 17.3. The number of nitrogens with zero attached hydrogens (tertiary/aromatic N) is 3. The fourth-order valence-electron chi connectivity index (χ4n) is 2.71. The van der Waals surface area contributed by atoms with Crippen molar-refractivity contribution < 1.29 is 22.0 Å². The number of carbonyl (C=O) groups excluding carboxylic acids is 1. The van der Waals surface area contributed by atoms with E-state index in [1.165, 1.54) is 18.1 Å². The Morgan fingerprint density at radius 2 is 1.90 bits per heavy atom. The van der Waals surface area contributed by atoms with Crippen LogP contribution in [0.3, 0.4) is 0 Å². The smallest absolute Gasteiger partial charge is 0.319 e. The lowest BCUT2D eigenvalue weighted by Gasteiger charge is -2.19. The Balaban J connectivity index is 2.00. The molecule has 160 valence electrons. The monoisotopic (exact) mass is 429 g/mol. The van der Waals surface area contributed by atoms with Crippen molar-refractivity contribution in [1.82, 2.24) is 24.5 Å². The molecule has 0 bridgehead atoms. The van der Waals surface area contributed by atoms with Gasteiger partial charge >= 0.3 is 12.6 Å². The quantitative estimate of drug-likeness (QED) is 0.640. The second-order valence-electron chi connectivity index (χ2n) is 6.84. The Labute approximate surface area is 169 Å². The maximum absolute atomic E-state index is 12.9. The van der Waals surface area contributed by atoms with Gasteiger partial charge in [0.1, 0.15) is 5.82 Å². The van der Waals surface area contributed by atoms with Crippen LogP contribution in [0.15, 0.2) is 36.7 Å². The van der Waals surface area contributed by atoms with Gasteiger partial charge in [-0.15, -0.1) is 0 Å². The number of nitrogens with one attached hydrogen (secondary N) is 2. The van der Waals surface area contributed by atoms with Gasteiger partial charge in [0.05, 0.1) is 12.3 Å². The van der Waals surface area contributed by atoms with Crippen LogP contribution in [0.25, 0.3) is 0 Å². The summed E-state index contributed by atoms with van der Waals surface area (Å²) in [5.41, 5.74) is 1.22. The summed E-state index contributed by atoms with van der Waals surface area (Å²) in [6, 6.07) is 6.17. The van der Waals surface area contributed by atoms with E-state index in [-0.39, 0.29) is 30.7 Å². The van der Waals surface area contributed by atoms with Gasteiger partial charge in [0.15, 0.2) is 0 Å². The molecular weight excluding hydrogens is 404 g/mol. The summed E-state index contributed by atoms with van der Waals surface area (Å²) < 4.78 is 53.4. The number of sulfonamides is 1. The molecule has 2 amide bonds. The number of benzene rings is 1. The first-order valence-corrected chi connectivity index (χ1v) is 10.6. The molecule has 0 unspecified atom stereocenters. The molecule has 0 radical (unpaired) electrons. The van der Waals surface area contributed by atoms with E-state index in [2.05, 4.69) is 15.0 Å². The van der Waals surface area contributed by atoms with Gasteiger partial charge in [-0.1, -0.05) is 24.3 Å². The molecule has 0 aliphatic carbocycles. The molecule has 2 rings (SSSR count). The van der Waals surface area contributed by atoms with Crippen molar-refractivity contribution in [2.75, 3.05) is 7.05 Å². The number of imidazole rings is 1. The van der Waals surface area contributed by atoms with Crippen molar-refractivity contribution in [3.63, 3.8) is 0 Å². The highest BCUT2D eigenvalue weighted by molar-refractivity contribution is 7.88. The molecule has 29 heavy (non-hydrogen) atoms. The molecule has 0 atom stereocenters. The molecule has 0 fully saturated rings. The third-order valence-corrected chi connectivity index (χ3v) is 5.52. The molecular formula is C18H25F2N5O3S. The fraction of sp³-hybridized carbons (Fsp3) is 0.444. The summed E-state index contributed by atoms with van der Waals surface area (Å²) in [7, 11) is -2.05. The van der Waals surface area contributed by atoms with Crippen molar-refractivity contribution in [2.24, 2.45) is 0 Å². The van der Waals surface area contributed by atoms with Crippen LogP contribution < -0.4 is 10.0 Å². The van der Waals surface area contributed by atoms with Crippen molar-refractivity contribution in [1.29, 1.82) is 0 Å². The van der Waals surface area contributed by atoms with Crippen molar-refractivity contribution in [3.05, 3.63) is 53.6 Å².